The van der Waals surface area contributed by atoms with Crippen LogP contribution in [-0.4, -0.2) is 20.2 Å². The summed E-state index contributed by atoms with van der Waals surface area (Å²) in [4.78, 5) is 7.77. The van der Waals surface area contributed by atoms with Crippen molar-refractivity contribution in [1.82, 2.24) is 20.2 Å². The lowest BCUT2D eigenvalue weighted by Crippen LogP contribution is -2.23. The van der Waals surface area contributed by atoms with Crippen molar-refractivity contribution < 1.29 is 4.39 Å². The Morgan fingerprint density at radius 3 is 2.73 bits per heavy atom. The smallest absolute Gasteiger partial charge is 0.123 e. The Bertz CT molecular complexity index is 1530. The molecule has 5 heteroatoms. The second-order valence-electron chi connectivity index (χ2n) is 7.54. The minimum absolute atomic E-state index is 0.281. The Hall–Kier alpha value is -4.25. The van der Waals surface area contributed by atoms with Gasteiger partial charge in [0.25, 0.3) is 0 Å². The minimum atomic E-state index is -0.281. The van der Waals surface area contributed by atoms with Gasteiger partial charge in [-0.3, -0.25) is 10.1 Å². The molecule has 4 nitrogen and oxygen atoms in total. The van der Waals surface area contributed by atoms with Crippen LogP contribution in [-0.2, 0) is 0 Å². The number of hydrogen-bond acceptors (Lipinski definition) is 2. The summed E-state index contributed by atoms with van der Waals surface area (Å²) in [7, 11) is 0. The van der Waals surface area contributed by atoms with Crippen LogP contribution < -0.4 is 10.6 Å². The third-order valence-electron chi connectivity index (χ3n) is 5.47. The van der Waals surface area contributed by atoms with Crippen molar-refractivity contribution in [2.45, 2.75) is 13.8 Å². The molecule has 0 spiro atoms. The SMILES string of the molecule is C=C/C=C\C(=C/C)C(=C)/C=c1/c(-c2cc3c(-c4cccc(F)c4)cncc3[nH]2)n[nH]/c1=C/C. The summed E-state index contributed by atoms with van der Waals surface area (Å²) in [6.45, 7) is 11.9. The number of fused-ring (bicyclic) bond motifs is 1. The van der Waals surface area contributed by atoms with E-state index in [1.807, 2.05) is 56.4 Å². The molecule has 2 N–H and O–H groups in total. The van der Waals surface area contributed by atoms with E-state index >= 15 is 0 Å². The normalized spacial score (nSPS) is 13.4. The number of pyridine rings is 1. The molecule has 0 radical (unpaired) electrons. The molecule has 3 heterocycles. The van der Waals surface area contributed by atoms with Crippen LogP contribution in [0.15, 0.2) is 91.3 Å². The zero-order valence-corrected chi connectivity index (χ0v) is 18.7. The highest BCUT2D eigenvalue weighted by atomic mass is 19.1. The first-order valence-corrected chi connectivity index (χ1v) is 10.7. The van der Waals surface area contributed by atoms with E-state index in [4.69, 9.17) is 0 Å². The van der Waals surface area contributed by atoms with Crippen molar-refractivity contribution in [2.24, 2.45) is 0 Å². The average Bonchev–Trinajstić information content (AvgIpc) is 3.43. The van der Waals surface area contributed by atoms with Gasteiger partial charge >= 0.3 is 0 Å². The number of nitrogens with one attached hydrogen (secondary N) is 2. The third-order valence-corrected chi connectivity index (χ3v) is 5.47. The number of halogens is 1. The number of nitrogens with zero attached hydrogens (tertiary/aromatic N) is 2. The van der Waals surface area contributed by atoms with Gasteiger partial charge in [0.05, 0.1) is 22.8 Å². The van der Waals surface area contributed by atoms with Crippen LogP contribution >= 0.6 is 0 Å². The quantitative estimate of drug-likeness (QED) is 0.388. The van der Waals surface area contributed by atoms with Crippen molar-refractivity contribution >= 4 is 23.1 Å². The molecule has 0 saturated heterocycles. The van der Waals surface area contributed by atoms with Gasteiger partial charge in [0, 0.05) is 22.4 Å². The fourth-order valence-electron chi connectivity index (χ4n) is 3.82. The van der Waals surface area contributed by atoms with Crippen LogP contribution in [0.4, 0.5) is 4.39 Å². The monoisotopic (exact) mass is 436 g/mol. The zero-order valence-electron chi connectivity index (χ0n) is 18.7. The van der Waals surface area contributed by atoms with E-state index in [0.29, 0.717) is 0 Å². The van der Waals surface area contributed by atoms with Crippen molar-refractivity contribution in [3.63, 3.8) is 0 Å². The van der Waals surface area contributed by atoms with Gasteiger partial charge < -0.3 is 4.98 Å². The summed E-state index contributed by atoms with van der Waals surface area (Å²) in [6.07, 6.45) is 15.1. The van der Waals surface area contributed by atoms with Crippen molar-refractivity contribution in [3.05, 3.63) is 108 Å². The van der Waals surface area contributed by atoms with Crippen LogP contribution in [0.3, 0.4) is 0 Å². The summed E-state index contributed by atoms with van der Waals surface area (Å²) in [5, 5.41) is 10.5. The Balaban J connectivity index is 1.88. The van der Waals surface area contributed by atoms with Gasteiger partial charge in [-0.05, 0) is 54.8 Å². The molecule has 0 fully saturated rings. The van der Waals surface area contributed by atoms with E-state index in [9.17, 15) is 4.39 Å². The molecule has 4 rings (SSSR count). The van der Waals surface area contributed by atoms with E-state index in [1.165, 1.54) is 12.1 Å². The van der Waals surface area contributed by atoms with E-state index in [1.54, 1.807) is 24.5 Å². The van der Waals surface area contributed by atoms with Gasteiger partial charge in [-0.2, -0.15) is 5.10 Å². The number of aromatic amines is 2. The fourth-order valence-corrected chi connectivity index (χ4v) is 3.82. The van der Waals surface area contributed by atoms with Crippen LogP contribution in [0, 0.1) is 5.82 Å². The largest absolute Gasteiger partial charge is 0.352 e. The number of rotatable bonds is 6. The molecule has 4 aromatic rings. The maximum atomic E-state index is 13.8. The Morgan fingerprint density at radius 1 is 1.15 bits per heavy atom. The molecular weight excluding hydrogens is 411 g/mol. The lowest BCUT2D eigenvalue weighted by Gasteiger charge is -2.02. The molecule has 0 aliphatic rings. The first-order valence-electron chi connectivity index (χ1n) is 10.7. The fraction of sp³-hybridized carbons (Fsp3) is 0.0714. The highest BCUT2D eigenvalue weighted by Gasteiger charge is 2.13. The van der Waals surface area contributed by atoms with Gasteiger partial charge in [-0.15, -0.1) is 0 Å². The van der Waals surface area contributed by atoms with E-state index in [2.05, 4.69) is 33.3 Å². The third kappa shape index (κ3) is 4.39. The van der Waals surface area contributed by atoms with Crippen LogP contribution in [0.25, 0.3) is 45.6 Å². The molecule has 0 amide bonds. The Kier molecular flexibility index (Phi) is 6.31. The molecule has 0 aliphatic heterocycles. The summed E-state index contributed by atoms with van der Waals surface area (Å²) in [5.41, 5.74) is 5.95. The molecular formula is C28H25FN4. The molecule has 0 unspecified atom stereocenters. The van der Waals surface area contributed by atoms with Crippen LogP contribution in [0.2, 0.25) is 0 Å². The molecule has 164 valence electrons. The Labute approximate surface area is 191 Å². The van der Waals surface area contributed by atoms with Crippen molar-refractivity contribution in [1.29, 1.82) is 0 Å². The number of aromatic nitrogens is 4. The second-order valence-corrected chi connectivity index (χ2v) is 7.54. The maximum Gasteiger partial charge on any atom is 0.123 e. The minimum Gasteiger partial charge on any atom is -0.352 e. The molecule has 0 bridgehead atoms. The standard InChI is InChI=1S/C28H25FN4/c1-5-8-10-19(6-2)18(4)13-23-25(7-3)32-33-28(23)26-15-22-24(16-30-17-27(22)31-26)20-11-9-12-21(29)14-20/h5-17,31-32H,1,4H2,2-3H3/b10-8-,19-6+,23-13+,25-7+. The lowest BCUT2D eigenvalue weighted by atomic mass is 10.0. The van der Waals surface area contributed by atoms with Crippen LogP contribution in [0.5, 0.6) is 0 Å². The summed E-state index contributed by atoms with van der Waals surface area (Å²) in [5.74, 6) is -0.281. The predicted molar refractivity (Wildman–Crippen MR) is 135 cm³/mol. The van der Waals surface area contributed by atoms with Crippen LogP contribution in [0.1, 0.15) is 13.8 Å². The van der Waals surface area contributed by atoms with E-state index < -0.39 is 0 Å². The highest BCUT2D eigenvalue weighted by Crippen LogP contribution is 2.30. The maximum absolute atomic E-state index is 13.8. The van der Waals surface area contributed by atoms with Gasteiger partial charge in [-0.25, -0.2) is 4.39 Å². The first kappa shape index (κ1) is 22.0. The highest BCUT2D eigenvalue weighted by molar-refractivity contribution is 5.97. The molecule has 1 aromatic carbocycles. The first-order chi connectivity index (χ1) is 16.0. The van der Waals surface area contributed by atoms with E-state index in [-0.39, 0.29) is 5.82 Å². The van der Waals surface area contributed by atoms with Gasteiger partial charge in [0.1, 0.15) is 11.5 Å². The molecule has 33 heavy (non-hydrogen) atoms. The van der Waals surface area contributed by atoms with Gasteiger partial charge in [0.15, 0.2) is 0 Å². The zero-order chi connectivity index (χ0) is 23.4. The topological polar surface area (TPSA) is 57.4 Å². The van der Waals surface area contributed by atoms with Gasteiger partial charge in [-0.1, -0.05) is 55.7 Å². The second kappa shape index (κ2) is 9.49. The average molecular weight is 437 g/mol. The number of allylic oxidation sites excluding steroid dienone is 6. The van der Waals surface area contributed by atoms with Crippen molar-refractivity contribution in [3.8, 4) is 22.5 Å². The summed E-state index contributed by atoms with van der Waals surface area (Å²) >= 11 is 0. The Morgan fingerprint density at radius 2 is 2.00 bits per heavy atom. The molecule has 3 aromatic heterocycles. The predicted octanol–water partition coefficient (Wildman–Crippen LogP) is 5.58. The summed E-state index contributed by atoms with van der Waals surface area (Å²) in [6, 6.07) is 8.56. The lowest BCUT2D eigenvalue weighted by molar-refractivity contribution is 0.628. The van der Waals surface area contributed by atoms with E-state index in [0.717, 1.165) is 55.1 Å². The van der Waals surface area contributed by atoms with Crippen molar-refractivity contribution in [2.75, 3.05) is 0 Å². The summed E-state index contributed by atoms with van der Waals surface area (Å²) < 4.78 is 13.8. The van der Waals surface area contributed by atoms with Gasteiger partial charge in [0.2, 0.25) is 0 Å². The molecule has 0 atom stereocenters. The number of H-pyrrole nitrogens is 2. The molecule has 0 saturated carbocycles. The molecule has 0 aliphatic carbocycles. The number of hydrogen-bond donors (Lipinski definition) is 2. The number of benzene rings is 1.